The topological polar surface area (TPSA) is 58.7 Å². The summed E-state index contributed by atoms with van der Waals surface area (Å²) in [6.45, 7) is 0.974. The molecule has 0 bridgehead atoms. The lowest BCUT2D eigenvalue weighted by Gasteiger charge is -2.26. The van der Waals surface area contributed by atoms with Crippen LogP contribution in [-0.2, 0) is 4.74 Å². The fourth-order valence-electron chi connectivity index (χ4n) is 1.35. The Morgan fingerprint density at radius 3 is 2.44 bits per heavy atom. The standard InChI is InChI=1S/C9H19F3N2O2/c1-2-16-8(5-13)6-14(3-4-15)7-9(10,11)12/h8,15H,2-7,13H2,1H3. The second-order valence-corrected chi connectivity index (χ2v) is 3.39. The minimum absolute atomic E-state index is 0.0386. The molecule has 0 fully saturated rings. The van der Waals surface area contributed by atoms with Crippen molar-refractivity contribution in [2.24, 2.45) is 5.73 Å². The van der Waals surface area contributed by atoms with Crippen LogP contribution in [0.2, 0.25) is 0 Å². The van der Waals surface area contributed by atoms with E-state index in [-0.39, 0.29) is 26.2 Å². The molecule has 0 aromatic rings. The Balaban J connectivity index is 4.19. The summed E-state index contributed by atoms with van der Waals surface area (Å²) in [6.07, 6.45) is -4.71. The lowest BCUT2D eigenvalue weighted by atomic mass is 10.3. The van der Waals surface area contributed by atoms with Crippen LogP contribution in [0.3, 0.4) is 0 Å². The summed E-state index contributed by atoms with van der Waals surface area (Å²) in [6, 6.07) is 0. The molecule has 1 atom stereocenters. The Morgan fingerprint density at radius 1 is 1.44 bits per heavy atom. The second-order valence-electron chi connectivity index (χ2n) is 3.39. The first-order chi connectivity index (χ1) is 7.42. The molecule has 0 heterocycles. The van der Waals surface area contributed by atoms with Crippen LogP contribution in [-0.4, -0.2) is 61.7 Å². The van der Waals surface area contributed by atoms with Crippen LogP contribution < -0.4 is 5.73 Å². The summed E-state index contributed by atoms with van der Waals surface area (Å²) < 4.78 is 41.7. The van der Waals surface area contributed by atoms with E-state index in [2.05, 4.69) is 0 Å². The van der Waals surface area contributed by atoms with Gasteiger partial charge in [-0.2, -0.15) is 13.2 Å². The number of ether oxygens (including phenoxy) is 1. The zero-order chi connectivity index (χ0) is 12.6. The fraction of sp³-hybridized carbons (Fsp3) is 1.00. The molecule has 7 heteroatoms. The van der Waals surface area contributed by atoms with Gasteiger partial charge in [-0.25, -0.2) is 0 Å². The zero-order valence-electron chi connectivity index (χ0n) is 9.33. The average Bonchev–Trinajstić information content (AvgIpc) is 2.15. The molecule has 0 saturated heterocycles. The summed E-state index contributed by atoms with van der Waals surface area (Å²) in [5, 5.41) is 8.67. The largest absolute Gasteiger partial charge is 0.401 e. The zero-order valence-corrected chi connectivity index (χ0v) is 9.33. The van der Waals surface area contributed by atoms with E-state index in [0.29, 0.717) is 6.61 Å². The first-order valence-electron chi connectivity index (χ1n) is 5.14. The highest BCUT2D eigenvalue weighted by molar-refractivity contribution is 4.69. The first kappa shape index (κ1) is 15.6. The molecule has 0 rings (SSSR count). The Labute approximate surface area is 93.2 Å². The van der Waals surface area contributed by atoms with Gasteiger partial charge < -0.3 is 15.6 Å². The molecule has 98 valence electrons. The van der Waals surface area contributed by atoms with Crippen LogP contribution in [0.1, 0.15) is 6.92 Å². The van der Waals surface area contributed by atoms with E-state index in [1.165, 1.54) is 0 Å². The van der Waals surface area contributed by atoms with E-state index in [0.717, 1.165) is 4.90 Å². The summed E-state index contributed by atoms with van der Waals surface area (Å²) in [4.78, 5) is 1.09. The normalized spacial score (nSPS) is 14.4. The van der Waals surface area contributed by atoms with Crippen molar-refractivity contribution in [3.63, 3.8) is 0 Å². The summed E-state index contributed by atoms with van der Waals surface area (Å²) in [5.74, 6) is 0. The Morgan fingerprint density at radius 2 is 2.06 bits per heavy atom. The van der Waals surface area contributed by atoms with E-state index in [1.807, 2.05) is 0 Å². The highest BCUT2D eigenvalue weighted by atomic mass is 19.4. The van der Waals surface area contributed by atoms with E-state index < -0.39 is 18.8 Å². The van der Waals surface area contributed by atoms with Crippen molar-refractivity contribution in [2.75, 3.05) is 39.4 Å². The highest BCUT2D eigenvalue weighted by Crippen LogP contribution is 2.16. The summed E-state index contributed by atoms with van der Waals surface area (Å²) >= 11 is 0. The van der Waals surface area contributed by atoms with Gasteiger partial charge in [0, 0.05) is 26.2 Å². The van der Waals surface area contributed by atoms with Crippen LogP contribution in [0, 0.1) is 0 Å². The molecular weight excluding hydrogens is 225 g/mol. The van der Waals surface area contributed by atoms with Gasteiger partial charge >= 0.3 is 6.18 Å². The van der Waals surface area contributed by atoms with Gasteiger partial charge in [0.25, 0.3) is 0 Å². The van der Waals surface area contributed by atoms with Gasteiger partial charge in [-0.15, -0.1) is 0 Å². The van der Waals surface area contributed by atoms with E-state index in [9.17, 15) is 13.2 Å². The second kappa shape index (κ2) is 7.83. The predicted octanol–water partition coefficient (Wildman–Crippen LogP) is 0.207. The number of aliphatic hydroxyl groups excluding tert-OH is 1. The van der Waals surface area contributed by atoms with Crippen molar-refractivity contribution in [2.45, 2.75) is 19.2 Å². The molecule has 0 spiro atoms. The number of halogens is 3. The molecule has 1 unspecified atom stereocenters. The first-order valence-corrected chi connectivity index (χ1v) is 5.14. The third kappa shape index (κ3) is 7.86. The molecule has 4 nitrogen and oxygen atoms in total. The third-order valence-corrected chi connectivity index (χ3v) is 1.95. The smallest absolute Gasteiger partial charge is 0.395 e. The monoisotopic (exact) mass is 244 g/mol. The summed E-state index contributed by atoms with van der Waals surface area (Å²) in [7, 11) is 0. The Hall–Kier alpha value is -0.370. The molecule has 16 heavy (non-hydrogen) atoms. The van der Waals surface area contributed by atoms with Crippen molar-refractivity contribution in [3.05, 3.63) is 0 Å². The third-order valence-electron chi connectivity index (χ3n) is 1.95. The molecular formula is C9H19F3N2O2. The maximum atomic E-state index is 12.2. The SMILES string of the molecule is CCOC(CN)CN(CCO)CC(F)(F)F. The molecule has 0 aromatic carbocycles. The number of hydrogen-bond acceptors (Lipinski definition) is 4. The lowest BCUT2D eigenvalue weighted by molar-refractivity contribution is -0.150. The summed E-state index contributed by atoms with van der Waals surface area (Å²) in [5.41, 5.74) is 5.37. The van der Waals surface area contributed by atoms with Crippen LogP contribution in [0.5, 0.6) is 0 Å². The minimum atomic E-state index is -4.28. The van der Waals surface area contributed by atoms with Gasteiger partial charge in [0.1, 0.15) is 0 Å². The number of nitrogens with two attached hydrogens (primary N) is 1. The maximum absolute atomic E-state index is 12.2. The maximum Gasteiger partial charge on any atom is 0.401 e. The van der Waals surface area contributed by atoms with Crippen molar-refractivity contribution < 1.29 is 23.0 Å². The Bertz CT molecular complexity index is 179. The average molecular weight is 244 g/mol. The molecule has 0 saturated carbocycles. The van der Waals surface area contributed by atoms with E-state index in [1.54, 1.807) is 6.92 Å². The molecule has 0 aliphatic rings. The quantitative estimate of drug-likeness (QED) is 0.640. The van der Waals surface area contributed by atoms with Crippen molar-refractivity contribution in [1.82, 2.24) is 4.90 Å². The van der Waals surface area contributed by atoms with Crippen LogP contribution in [0.25, 0.3) is 0 Å². The molecule has 0 aliphatic carbocycles. The van der Waals surface area contributed by atoms with Crippen LogP contribution >= 0.6 is 0 Å². The number of aliphatic hydroxyl groups is 1. The molecule has 0 radical (unpaired) electrons. The number of rotatable bonds is 8. The van der Waals surface area contributed by atoms with E-state index >= 15 is 0 Å². The van der Waals surface area contributed by atoms with Gasteiger partial charge in [0.2, 0.25) is 0 Å². The van der Waals surface area contributed by atoms with Gasteiger partial charge in [0.15, 0.2) is 0 Å². The van der Waals surface area contributed by atoms with Crippen LogP contribution in [0.15, 0.2) is 0 Å². The molecule has 0 aromatic heterocycles. The number of alkyl halides is 3. The van der Waals surface area contributed by atoms with Gasteiger partial charge in [0.05, 0.1) is 19.3 Å². The Kier molecular flexibility index (Phi) is 7.65. The van der Waals surface area contributed by atoms with E-state index in [4.69, 9.17) is 15.6 Å². The van der Waals surface area contributed by atoms with Crippen molar-refractivity contribution >= 4 is 0 Å². The highest BCUT2D eigenvalue weighted by Gasteiger charge is 2.31. The van der Waals surface area contributed by atoms with Crippen molar-refractivity contribution in [1.29, 1.82) is 0 Å². The predicted molar refractivity (Wildman–Crippen MR) is 54.0 cm³/mol. The van der Waals surface area contributed by atoms with Crippen molar-refractivity contribution in [3.8, 4) is 0 Å². The fourth-order valence-corrected chi connectivity index (χ4v) is 1.35. The van der Waals surface area contributed by atoms with Gasteiger partial charge in [-0.05, 0) is 6.92 Å². The van der Waals surface area contributed by atoms with Gasteiger partial charge in [-0.1, -0.05) is 0 Å². The minimum Gasteiger partial charge on any atom is -0.395 e. The molecule has 3 N–H and O–H groups in total. The molecule has 0 amide bonds. The lowest BCUT2D eigenvalue weighted by Crippen LogP contribution is -2.43. The number of hydrogen-bond donors (Lipinski definition) is 2. The molecule has 0 aliphatic heterocycles. The van der Waals surface area contributed by atoms with Crippen LogP contribution in [0.4, 0.5) is 13.2 Å². The number of nitrogens with zero attached hydrogens (tertiary/aromatic N) is 1. The van der Waals surface area contributed by atoms with Gasteiger partial charge in [-0.3, -0.25) is 4.90 Å².